The van der Waals surface area contributed by atoms with Crippen LogP contribution in [-0.4, -0.2) is 79.7 Å². The zero-order valence-corrected chi connectivity index (χ0v) is 14.8. The summed E-state index contributed by atoms with van der Waals surface area (Å²) in [7, 11) is -2.62. The van der Waals surface area contributed by atoms with Crippen molar-refractivity contribution in [3.05, 3.63) is 24.3 Å². The summed E-state index contributed by atoms with van der Waals surface area (Å²) in [5.41, 5.74) is 0.816. The first-order valence-electron chi connectivity index (χ1n) is 5.88. The smallest absolute Gasteiger partial charge is 0.267 e. The van der Waals surface area contributed by atoms with E-state index in [1.54, 1.807) is 24.1 Å². The minimum Gasteiger partial charge on any atom is -0.497 e. The first kappa shape index (κ1) is 19.7. The molecule has 0 saturated heterocycles. The van der Waals surface area contributed by atoms with E-state index in [2.05, 4.69) is 0 Å². The Bertz CT molecular complexity index is 508. The van der Waals surface area contributed by atoms with Crippen LogP contribution in [0.1, 0.15) is 6.92 Å². The monoisotopic (exact) mass is 312 g/mol. The Morgan fingerprint density at radius 2 is 2.05 bits per heavy atom. The molecule has 1 unspecified atom stereocenters. The first-order chi connectivity index (χ1) is 8.85. The van der Waals surface area contributed by atoms with Crippen LogP contribution < -0.4 is 9.64 Å². The number of nitrogens with zero attached hydrogens (tertiary/aromatic N) is 1. The number of hydrogen-bond acceptors (Lipinski definition) is 5. The summed E-state index contributed by atoms with van der Waals surface area (Å²) >= 11 is 0. The first-order valence-corrected chi connectivity index (χ1v) is 7.49. The Morgan fingerprint density at radius 1 is 1.40 bits per heavy atom. The zero-order chi connectivity index (χ0) is 14.5. The molecule has 0 aliphatic rings. The molecule has 109 valence electrons. The summed E-state index contributed by atoms with van der Waals surface area (Å²) in [5, 5.41) is 9.66. The van der Waals surface area contributed by atoms with Gasteiger partial charge in [-0.15, -0.1) is 0 Å². The van der Waals surface area contributed by atoms with Gasteiger partial charge in [-0.1, -0.05) is 6.07 Å². The number of ether oxygens (including phenoxy) is 1. The summed E-state index contributed by atoms with van der Waals surface area (Å²) in [5.74, 6) is 0.00761. The number of rotatable bonds is 7. The van der Waals surface area contributed by atoms with Crippen molar-refractivity contribution in [1.29, 1.82) is 0 Å². The van der Waals surface area contributed by atoms with Gasteiger partial charge in [-0.3, -0.25) is 4.55 Å². The molecule has 0 heterocycles. The van der Waals surface area contributed by atoms with Crippen molar-refractivity contribution in [3.63, 3.8) is 0 Å². The maximum Gasteiger partial charge on any atom is 0.267 e. The second-order valence-corrected chi connectivity index (χ2v) is 5.64. The van der Waals surface area contributed by atoms with Crippen LogP contribution in [0.2, 0.25) is 0 Å². The van der Waals surface area contributed by atoms with E-state index >= 15 is 0 Å². The molecule has 8 heteroatoms. The molecule has 6 nitrogen and oxygen atoms in total. The van der Waals surface area contributed by atoms with Crippen LogP contribution in [0.25, 0.3) is 0 Å². The van der Waals surface area contributed by atoms with Gasteiger partial charge in [-0.05, 0) is 19.1 Å². The van der Waals surface area contributed by atoms with Gasteiger partial charge in [0.2, 0.25) is 0 Å². The van der Waals surface area contributed by atoms with Crippen molar-refractivity contribution in [1.82, 2.24) is 0 Å². The third-order valence-electron chi connectivity index (χ3n) is 2.63. The predicted octanol–water partition coefficient (Wildman–Crippen LogP) is 0.389. The number of likely N-dealkylation sites (N-methyl/N-ethyl adjacent to an activating group) is 1. The second-order valence-electron chi connectivity index (χ2n) is 4.14. The van der Waals surface area contributed by atoms with Gasteiger partial charge in [0, 0.05) is 54.4 Å². The molecule has 0 aliphatic carbocycles. The summed E-state index contributed by atoms with van der Waals surface area (Å²) in [6.07, 6.45) is -1.15. The largest absolute Gasteiger partial charge is 0.497 e. The van der Waals surface area contributed by atoms with E-state index in [9.17, 15) is 13.5 Å². The Labute approximate surface area is 141 Å². The van der Waals surface area contributed by atoms with E-state index in [4.69, 9.17) is 9.29 Å². The SMILES string of the molecule is CCN(CC(O)CS(=O)(=O)O)c1cccc(OC)c1.[Na]. The van der Waals surface area contributed by atoms with Gasteiger partial charge in [-0.2, -0.15) is 8.42 Å². The van der Waals surface area contributed by atoms with Gasteiger partial charge in [0.1, 0.15) is 11.5 Å². The Balaban J connectivity index is 0.00000361. The van der Waals surface area contributed by atoms with Gasteiger partial charge in [0.25, 0.3) is 10.1 Å². The number of anilines is 1. The van der Waals surface area contributed by atoms with E-state index in [0.29, 0.717) is 12.3 Å². The van der Waals surface area contributed by atoms with Gasteiger partial charge >= 0.3 is 0 Å². The molecule has 0 fully saturated rings. The van der Waals surface area contributed by atoms with Crippen LogP contribution in [0.5, 0.6) is 5.75 Å². The fraction of sp³-hybridized carbons (Fsp3) is 0.500. The van der Waals surface area contributed by atoms with Gasteiger partial charge in [0.05, 0.1) is 13.2 Å². The number of aliphatic hydroxyl groups is 1. The third kappa shape index (κ3) is 6.92. The van der Waals surface area contributed by atoms with Crippen molar-refractivity contribution in [2.24, 2.45) is 0 Å². The van der Waals surface area contributed by atoms with Crippen LogP contribution >= 0.6 is 0 Å². The number of hydrogen-bond donors (Lipinski definition) is 2. The molecular weight excluding hydrogens is 293 g/mol. The van der Waals surface area contributed by atoms with E-state index in [1.807, 2.05) is 19.1 Å². The van der Waals surface area contributed by atoms with Gasteiger partial charge in [-0.25, -0.2) is 0 Å². The molecule has 0 bridgehead atoms. The number of methoxy groups -OCH3 is 1. The summed E-state index contributed by atoms with van der Waals surface area (Å²) in [6.45, 7) is 2.60. The molecule has 0 aliphatic heterocycles. The Kier molecular flexibility index (Phi) is 8.72. The number of aliphatic hydroxyl groups excluding tert-OH is 1. The molecule has 20 heavy (non-hydrogen) atoms. The van der Waals surface area contributed by atoms with Crippen LogP contribution in [-0.2, 0) is 10.1 Å². The van der Waals surface area contributed by atoms with Gasteiger partial charge < -0.3 is 14.7 Å². The van der Waals surface area contributed by atoms with Crippen molar-refractivity contribution in [2.75, 3.05) is 30.9 Å². The average molecular weight is 312 g/mol. The summed E-state index contributed by atoms with van der Waals surface area (Å²) in [6, 6.07) is 7.24. The van der Waals surface area contributed by atoms with Crippen LogP contribution in [0.3, 0.4) is 0 Å². The maximum atomic E-state index is 10.7. The van der Waals surface area contributed by atoms with E-state index in [-0.39, 0.29) is 36.1 Å². The fourth-order valence-electron chi connectivity index (χ4n) is 1.77. The normalized spacial score (nSPS) is 12.4. The van der Waals surface area contributed by atoms with E-state index in [1.165, 1.54) is 0 Å². The van der Waals surface area contributed by atoms with Crippen molar-refractivity contribution < 1.29 is 22.8 Å². The van der Waals surface area contributed by atoms with Crippen LogP contribution in [0.4, 0.5) is 5.69 Å². The molecule has 0 amide bonds. The molecule has 1 rings (SSSR count). The molecule has 1 aromatic carbocycles. The zero-order valence-electron chi connectivity index (χ0n) is 12.0. The predicted molar refractivity (Wildman–Crippen MR) is 79.1 cm³/mol. The molecule has 1 aromatic rings. The van der Waals surface area contributed by atoms with E-state index < -0.39 is 22.0 Å². The molecular formula is C12H19NNaO5S. The molecule has 0 spiro atoms. The topological polar surface area (TPSA) is 87.1 Å². The summed E-state index contributed by atoms with van der Waals surface area (Å²) in [4.78, 5) is 1.80. The quantitative estimate of drug-likeness (QED) is 0.559. The molecule has 1 atom stereocenters. The van der Waals surface area contributed by atoms with Crippen LogP contribution in [0, 0.1) is 0 Å². The fourth-order valence-corrected chi connectivity index (χ4v) is 2.37. The average Bonchev–Trinajstić information content (AvgIpc) is 2.34. The molecule has 2 N–H and O–H groups in total. The van der Waals surface area contributed by atoms with Crippen molar-refractivity contribution in [2.45, 2.75) is 13.0 Å². The van der Waals surface area contributed by atoms with Gasteiger partial charge in [0.15, 0.2) is 0 Å². The third-order valence-corrected chi connectivity index (χ3v) is 3.44. The Morgan fingerprint density at radius 3 is 2.55 bits per heavy atom. The minimum absolute atomic E-state index is 0. The minimum atomic E-state index is -4.17. The van der Waals surface area contributed by atoms with Crippen molar-refractivity contribution >= 4 is 45.4 Å². The van der Waals surface area contributed by atoms with Crippen LogP contribution in [0.15, 0.2) is 24.3 Å². The van der Waals surface area contributed by atoms with E-state index in [0.717, 1.165) is 5.69 Å². The second kappa shape index (κ2) is 8.86. The number of benzene rings is 1. The molecule has 0 saturated carbocycles. The summed E-state index contributed by atoms with van der Waals surface area (Å²) < 4.78 is 35.2. The van der Waals surface area contributed by atoms with Crippen molar-refractivity contribution in [3.8, 4) is 5.75 Å². The maximum absolute atomic E-state index is 10.7. The Hall–Kier alpha value is -0.310. The standard InChI is InChI=1S/C12H19NO5S.Na/c1-3-13(8-11(14)9-19(15,16)17)10-5-4-6-12(7-10)18-2;/h4-7,11,14H,3,8-9H2,1-2H3,(H,15,16,17);. The molecule has 0 aromatic heterocycles. The molecule has 1 radical (unpaired) electrons.